The van der Waals surface area contributed by atoms with Crippen molar-refractivity contribution in [3.8, 4) is 16.9 Å². The molecule has 3 nitrogen and oxygen atoms in total. The van der Waals surface area contributed by atoms with Crippen molar-refractivity contribution >= 4 is 0 Å². The molecule has 0 radical (unpaired) electrons. The van der Waals surface area contributed by atoms with Crippen LogP contribution < -0.4 is 10.1 Å². The van der Waals surface area contributed by atoms with Gasteiger partial charge in [0.05, 0.1) is 19.8 Å². The first-order valence-corrected chi connectivity index (χ1v) is 6.87. The Kier molecular flexibility index (Phi) is 5.16. The highest BCUT2D eigenvalue weighted by Gasteiger charge is 2.08. The van der Waals surface area contributed by atoms with E-state index in [0.717, 1.165) is 29.0 Å². The van der Waals surface area contributed by atoms with Crippen LogP contribution in [0.5, 0.6) is 5.75 Å². The summed E-state index contributed by atoms with van der Waals surface area (Å²) in [5.41, 5.74) is 3.41. The Hall–Kier alpha value is -1.84. The maximum Gasteiger partial charge on any atom is 0.118 e. The van der Waals surface area contributed by atoms with Crippen LogP contribution in [0.15, 0.2) is 48.5 Å². The first-order valence-electron chi connectivity index (χ1n) is 6.87. The van der Waals surface area contributed by atoms with Gasteiger partial charge in [0.2, 0.25) is 0 Å². The number of hydrogen-bond donors (Lipinski definition) is 2. The lowest BCUT2D eigenvalue weighted by atomic mass is 10.0. The molecule has 0 bridgehead atoms. The average Bonchev–Trinajstić information content (AvgIpc) is 2.53. The molecule has 2 rings (SSSR count). The van der Waals surface area contributed by atoms with Crippen molar-refractivity contribution in [1.82, 2.24) is 5.32 Å². The second kappa shape index (κ2) is 7.08. The first kappa shape index (κ1) is 14.6. The van der Waals surface area contributed by atoms with Crippen LogP contribution in [0.4, 0.5) is 0 Å². The van der Waals surface area contributed by atoms with Crippen LogP contribution in [0.3, 0.4) is 0 Å². The molecule has 1 unspecified atom stereocenters. The average molecular weight is 271 g/mol. The predicted octanol–water partition coefficient (Wildman–Crippen LogP) is 3.01. The van der Waals surface area contributed by atoms with Gasteiger partial charge in [-0.15, -0.1) is 0 Å². The summed E-state index contributed by atoms with van der Waals surface area (Å²) < 4.78 is 5.16. The van der Waals surface area contributed by atoms with E-state index >= 15 is 0 Å². The van der Waals surface area contributed by atoms with Crippen molar-refractivity contribution in [2.45, 2.75) is 13.0 Å². The number of likely N-dealkylation sites (N-methyl/N-ethyl adjacent to an activating group) is 1. The van der Waals surface area contributed by atoms with Gasteiger partial charge in [0.25, 0.3) is 0 Å². The van der Waals surface area contributed by atoms with Crippen LogP contribution >= 0.6 is 0 Å². The van der Waals surface area contributed by atoms with Crippen LogP contribution in [0.1, 0.15) is 18.5 Å². The summed E-state index contributed by atoms with van der Waals surface area (Å²) in [6, 6.07) is 16.3. The summed E-state index contributed by atoms with van der Waals surface area (Å²) in [6.45, 7) is 2.98. The van der Waals surface area contributed by atoms with Gasteiger partial charge >= 0.3 is 0 Å². The van der Waals surface area contributed by atoms with Gasteiger partial charge < -0.3 is 15.2 Å². The fourth-order valence-electron chi connectivity index (χ4n) is 2.23. The Labute approximate surface area is 120 Å². The van der Waals surface area contributed by atoms with Crippen molar-refractivity contribution in [1.29, 1.82) is 0 Å². The third kappa shape index (κ3) is 3.38. The lowest BCUT2D eigenvalue weighted by molar-refractivity contribution is 0.246. The smallest absolute Gasteiger partial charge is 0.118 e. The van der Waals surface area contributed by atoms with E-state index in [4.69, 9.17) is 4.74 Å². The van der Waals surface area contributed by atoms with Crippen LogP contribution in [-0.4, -0.2) is 25.4 Å². The van der Waals surface area contributed by atoms with E-state index in [1.807, 2.05) is 31.2 Å². The van der Waals surface area contributed by atoms with Crippen LogP contribution in [-0.2, 0) is 0 Å². The van der Waals surface area contributed by atoms with E-state index in [-0.39, 0.29) is 12.6 Å². The van der Waals surface area contributed by atoms with E-state index in [2.05, 4.69) is 29.6 Å². The molecule has 20 heavy (non-hydrogen) atoms. The number of aliphatic hydroxyl groups excluding tert-OH is 1. The largest absolute Gasteiger partial charge is 0.497 e. The Morgan fingerprint density at radius 2 is 1.55 bits per heavy atom. The van der Waals surface area contributed by atoms with E-state index in [9.17, 15) is 5.11 Å². The molecule has 1 atom stereocenters. The molecule has 0 fully saturated rings. The summed E-state index contributed by atoms with van der Waals surface area (Å²) in [5, 5.41) is 12.6. The first-order chi connectivity index (χ1) is 9.78. The quantitative estimate of drug-likeness (QED) is 0.848. The molecule has 0 saturated carbocycles. The molecule has 2 aromatic rings. The zero-order valence-corrected chi connectivity index (χ0v) is 12.0. The number of benzene rings is 2. The minimum absolute atomic E-state index is 0.00455. The van der Waals surface area contributed by atoms with Crippen LogP contribution in [0.25, 0.3) is 11.1 Å². The molecule has 0 aromatic heterocycles. The van der Waals surface area contributed by atoms with Gasteiger partial charge in [-0.05, 0) is 35.4 Å². The van der Waals surface area contributed by atoms with Gasteiger partial charge in [0.1, 0.15) is 5.75 Å². The highest BCUT2D eigenvalue weighted by molar-refractivity contribution is 5.64. The maximum atomic E-state index is 9.38. The topological polar surface area (TPSA) is 41.5 Å². The summed E-state index contributed by atoms with van der Waals surface area (Å²) in [7, 11) is 1.67. The van der Waals surface area contributed by atoms with Crippen molar-refractivity contribution < 1.29 is 9.84 Å². The summed E-state index contributed by atoms with van der Waals surface area (Å²) in [4.78, 5) is 0. The lowest BCUT2D eigenvalue weighted by Crippen LogP contribution is -2.23. The SMILES string of the molecule is CCNC(CO)c1ccc(-c2ccc(OC)cc2)cc1. The molecule has 0 aliphatic heterocycles. The van der Waals surface area contributed by atoms with Gasteiger partial charge in [0, 0.05) is 0 Å². The molecule has 0 spiro atoms. The molecule has 2 aromatic carbocycles. The summed E-state index contributed by atoms with van der Waals surface area (Å²) >= 11 is 0. The highest BCUT2D eigenvalue weighted by Crippen LogP contribution is 2.24. The predicted molar refractivity (Wildman–Crippen MR) is 81.9 cm³/mol. The lowest BCUT2D eigenvalue weighted by Gasteiger charge is -2.15. The van der Waals surface area contributed by atoms with Gasteiger partial charge in [0.15, 0.2) is 0 Å². The summed E-state index contributed by atoms with van der Waals surface area (Å²) in [6.07, 6.45) is 0. The zero-order valence-electron chi connectivity index (χ0n) is 12.0. The van der Waals surface area contributed by atoms with Crippen molar-refractivity contribution in [2.24, 2.45) is 0 Å². The minimum Gasteiger partial charge on any atom is -0.497 e. The van der Waals surface area contributed by atoms with Crippen LogP contribution in [0, 0.1) is 0 Å². The minimum atomic E-state index is 0.00455. The maximum absolute atomic E-state index is 9.38. The zero-order chi connectivity index (χ0) is 14.4. The molecular weight excluding hydrogens is 250 g/mol. The Bertz CT molecular complexity index is 520. The van der Waals surface area contributed by atoms with Gasteiger partial charge in [-0.3, -0.25) is 0 Å². The number of hydrogen-bond acceptors (Lipinski definition) is 3. The molecule has 0 heterocycles. The van der Waals surface area contributed by atoms with Gasteiger partial charge in [-0.2, -0.15) is 0 Å². The van der Waals surface area contributed by atoms with E-state index in [1.165, 1.54) is 0 Å². The molecular formula is C17H21NO2. The van der Waals surface area contributed by atoms with Crippen molar-refractivity contribution in [3.63, 3.8) is 0 Å². The Morgan fingerprint density at radius 1 is 1.00 bits per heavy atom. The van der Waals surface area contributed by atoms with Crippen LogP contribution in [0.2, 0.25) is 0 Å². The number of ether oxygens (including phenoxy) is 1. The molecule has 106 valence electrons. The molecule has 2 N–H and O–H groups in total. The number of nitrogens with one attached hydrogen (secondary N) is 1. The molecule has 0 aliphatic carbocycles. The standard InChI is InChI=1S/C17H21NO2/c1-3-18-17(12-19)15-6-4-13(5-7-15)14-8-10-16(20-2)11-9-14/h4-11,17-19H,3,12H2,1-2H3. The third-order valence-corrected chi connectivity index (χ3v) is 3.37. The number of aliphatic hydroxyl groups is 1. The fourth-order valence-corrected chi connectivity index (χ4v) is 2.23. The molecule has 0 saturated heterocycles. The second-order valence-corrected chi connectivity index (χ2v) is 4.64. The second-order valence-electron chi connectivity index (χ2n) is 4.64. The van der Waals surface area contributed by atoms with E-state index in [0.29, 0.717) is 0 Å². The molecule has 3 heteroatoms. The number of rotatable bonds is 6. The van der Waals surface area contributed by atoms with Gasteiger partial charge in [-0.1, -0.05) is 43.3 Å². The molecule has 0 amide bonds. The Morgan fingerprint density at radius 3 is 2.00 bits per heavy atom. The molecule has 0 aliphatic rings. The van der Waals surface area contributed by atoms with E-state index in [1.54, 1.807) is 7.11 Å². The van der Waals surface area contributed by atoms with Gasteiger partial charge in [-0.25, -0.2) is 0 Å². The Balaban J connectivity index is 2.18. The van der Waals surface area contributed by atoms with Crippen molar-refractivity contribution in [3.05, 3.63) is 54.1 Å². The number of methoxy groups -OCH3 is 1. The normalized spacial score (nSPS) is 12.2. The monoisotopic (exact) mass is 271 g/mol. The third-order valence-electron chi connectivity index (χ3n) is 3.37. The van der Waals surface area contributed by atoms with E-state index < -0.39 is 0 Å². The van der Waals surface area contributed by atoms with Crippen molar-refractivity contribution in [2.75, 3.05) is 20.3 Å². The highest BCUT2D eigenvalue weighted by atomic mass is 16.5. The fraction of sp³-hybridized carbons (Fsp3) is 0.294. The summed E-state index contributed by atoms with van der Waals surface area (Å²) in [5.74, 6) is 0.859.